The second kappa shape index (κ2) is 5.55. The highest BCUT2D eigenvalue weighted by molar-refractivity contribution is 5.97. The predicted octanol–water partition coefficient (Wildman–Crippen LogP) is 1.91. The fourth-order valence-electron chi connectivity index (χ4n) is 2.45. The Labute approximate surface area is 128 Å². The first-order chi connectivity index (χ1) is 10.6. The molecular weight excluding hydrogens is 278 g/mol. The van der Waals surface area contributed by atoms with Crippen molar-refractivity contribution in [3.05, 3.63) is 53.1 Å². The van der Waals surface area contributed by atoms with Crippen molar-refractivity contribution in [1.82, 2.24) is 25.1 Å². The zero-order valence-electron chi connectivity index (χ0n) is 12.8. The molecule has 0 unspecified atom stereocenters. The Hall–Kier alpha value is -2.76. The van der Waals surface area contributed by atoms with Crippen molar-refractivity contribution in [2.45, 2.75) is 20.4 Å². The Balaban J connectivity index is 1.78. The second-order valence-corrected chi connectivity index (χ2v) is 5.22. The average Bonchev–Trinajstić information content (AvgIpc) is 2.77. The van der Waals surface area contributed by atoms with E-state index in [9.17, 15) is 4.79 Å². The SMILES string of the molecule is Cc1nn(C)c(C)c1CNC(=O)c1ccc2nccnc2c1. The number of hydrogen-bond acceptors (Lipinski definition) is 4. The largest absolute Gasteiger partial charge is 0.348 e. The summed E-state index contributed by atoms with van der Waals surface area (Å²) < 4.78 is 1.82. The lowest BCUT2D eigenvalue weighted by atomic mass is 10.1. The first-order valence-electron chi connectivity index (χ1n) is 7.04. The van der Waals surface area contributed by atoms with Gasteiger partial charge in [0.05, 0.1) is 16.7 Å². The van der Waals surface area contributed by atoms with Gasteiger partial charge in [-0.3, -0.25) is 19.4 Å². The highest BCUT2D eigenvalue weighted by atomic mass is 16.1. The van der Waals surface area contributed by atoms with E-state index < -0.39 is 0 Å². The molecule has 22 heavy (non-hydrogen) atoms. The van der Waals surface area contributed by atoms with E-state index in [1.54, 1.807) is 30.6 Å². The van der Waals surface area contributed by atoms with Crippen LogP contribution in [0.15, 0.2) is 30.6 Å². The van der Waals surface area contributed by atoms with Crippen molar-refractivity contribution in [3.8, 4) is 0 Å². The fourth-order valence-corrected chi connectivity index (χ4v) is 2.45. The van der Waals surface area contributed by atoms with Crippen LogP contribution in [-0.4, -0.2) is 25.7 Å². The lowest BCUT2D eigenvalue weighted by molar-refractivity contribution is 0.0951. The molecule has 6 nitrogen and oxygen atoms in total. The third kappa shape index (κ3) is 2.55. The van der Waals surface area contributed by atoms with E-state index >= 15 is 0 Å². The molecule has 0 spiro atoms. The molecular formula is C16H17N5O. The monoisotopic (exact) mass is 295 g/mol. The number of rotatable bonds is 3. The van der Waals surface area contributed by atoms with Gasteiger partial charge in [-0.2, -0.15) is 5.10 Å². The summed E-state index contributed by atoms with van der Waals surface area (Å²) in [6, 6.07) is 5.31. The van der Waals surface area contributed by atoms with Crippen LogP contribution < -0.4 is 5.32 Å². The Kier molecular flexibility index (Phi) is 3.58. The second-order valence-electron chi connectivity index (χ2n) is 5.22. The summed E-state index contributed by atoms with van der Waals surface area (Å²) in [7, 11) is 1.90. The zero-order chi connectivity index (χ0) is 15.7. The fraction of sp³-hybridized carbons (Fsp3) is 0.250. The van der Waals surface area contributed by atoms with Crippen molar-refractivity contribution in [2.75, 3.05) is 0 Å². The molecule has 2 aromatic heterocycles. The number of amides is 1. The van der Waals surface area contributed by atoms with Crippen LogP contribution >= 0.6 is 0 Å². The number of aryl methyl sites for hydroxylation is 2. The molecule has 0 atom stereocenters. The van der Waals surface area contributed by atoms with Crippen LogP contribution in [0, 0.1) is 13.8 Å². The van der Waals surface area contributed by atoms with Gasteiger partial charge in [0.1, 0.15) is 0 Å². The summed E-state index contributed by atoms with van der Waals surface area (Å²) in [5, 5.41) is 7.28. The maximum absolute atomic E-state index is 12.3. The van der Waals surface area contributed by atoms with E-state index in [2.05, 4.69) is 20.4 Å². The van der Waals surface area contributed by atoms with E-state index in [-0.39, 0.29) is 5.91 Å². The van der Waals surface area contributed by atoms with E-state index in [4.69, 9.17) is 0 Å². The topological polar surface area (TPSA) is 72.7 Å². The Bertz CT molecular complexity index is 853. The van der Waals surface area contributed by atoms with E-state index in [1.165, 1.54) is 0 Å². The first kappa shape index (κ1) is 14.2. The number of hydrogen-bond donors (Lipinski definition) is 1. The van der Waals surface area contributed by atoms with Crippen molar-refractivity contribution in [2.24, 2.45) is 7.05 Å². The lowest BCUT2D eigenvalue weighted by Gasteiger charge is -2.06. The van der Waals surface area contributed by atoms with E-state index in [0.717, 1.165) is 22.5 Å². The van der Waals surface area contributed by atoms with Crippen molar-refractivity contribution < 1.29 is 4.79 Å². The van der Waals surface area contributed by atoms with Crippen LogP contribution in [0.5, 0.6) is 0 Å². The quantitative estimate of drug-likeness (QED) is 0.801. The predicted molar refractivity (Wildman–Crippen MR) is 83.4 cm³/mol. The van der Waals surface area contributed by atoms with Gasteiger partial charge in [-0.25, -0.2) is 0 Å². The summed E-state index contributed by atoms with van der Waals surface area (Å²) in [4.78, 5) is 20.7. The van der Waals surface area contributed by atoms with Gasteiger partial charge in [-0.1, -0.05) is 0 Å². The Morgan fingerprint density at radius 1 is 1.18 bits per heavy atom. The molecule has 0 aliphatic heterocycles. The summed E-state index contributed by atoms with van der Waals surface area (Å²) in [6.07, 6.45) is 3.25. The Morgan fingerprint density at radius 3 is 2.59 bits per heavy atom. The highest BCUT2D eigenvalue weighted by Crippen LogP contribution is 2.13. The number of nitrogens with zero attached hydrogens (tertiary/aromatic N) is 4. The molecule has 1 aromatic carbocycles. The average molecular weight is 295 g/mol. The molecule has 0 aliphatic rings. The molecule has 2 heterocycles. The van der Waals surface area contributed by atoms with Crippen LogP contribution in [0.1, 0.15) is 27.3 Å². The lowest BCUT2D eigenvalue weighted by Crippen LogP contribution is -2.23. The molecule has 1 amide bonds. The standard InChI is InChI=1S/C16H17N5O/c1-10-13(11(2)21(3)20-10)9-19-16(22)12-4-5-14-15(8-12)18-7-6-17-14/h4-8H,9H2,1-3H3,(H,19,22). The highest BCUT2D eigenvalue weighted by Gasteiger charge is 2.12. The van der Waals surface area contributed by atoms with E-state index in [0.29, 0.717) is 17.6 Å². The molecule has 0 saturated heterocycles. The maximum Gasteiger partial charge on any atom is 0.251 e. The maximum atomic E-state index is 12.3. The van der Waals surface area contributed by atoms with Crippen LogP contribution in [0.2, 0.25) is 0 Å². The number of fused-ring (bicyclic) bond motifs is 1. The van der Waals surface area contributed by atoms with Gasteiger partial charge in [0.25, 0.3) is 5.91 Å². The molecule has 0 radical (unpaired) electrons. The van der Waals surface area contributed by atoms with E-state index in [1.807, 2.05) is 25.6 Å². The molecule has 0 bridgehead atoms. The van der Waals surface area contributed by atoms with Gasteiger partial charge in [-0.15, -0.1) is 0 Å². The number of aromatic nitrogens is 4. The summed E-state index contributed by atoms with van der Waals surface area (Å²) in [5.74, 6) is -0.129. The molecule has 0 aliphatic carbocycles. The van der Waals surface area contributed by atoms with Crippen LogP contribution in [0.3, 0.4) is 0 Å². The molecule has 6 heteroatoms. The minimum absolute atomic E-state index is 0.129. The van der Waals surface area contributed by atoms with Gasteiger partial charge >= 0.3 is 0 Å². The molecule has 3 aromatic rings. The van der Waals surface area contributed by atoms with Gasteiger partial charge < -0.3 is 5.32 Å². The smallest absolute Gasteiger partial charge is 0.251 e. The summed E-state index contributed by atoms with van der Waals surface area (Å²) >= 11 is 0. The van der Waals surface area contributed by atoms with Crippen LogP contribution in [-0.2, 0) is 13.6 Å². The minimum atomic E-state index is -0.129. The third-order valence-corrected chi connectivity index (χ3v) is 3.82. The van der Waals surface area contributed by atoms with Crippen LogP contribution in [0.25, 0.3) is 11.0 Å². The summed E-state index contributed by atoms with van der Waals surface area (Å²) in [6.45, 7) is 4.40. The molecule has 1 N–H and O–H groups in total. The number of benzene rings is 1. The number of carbonyl (C=O) groups excluding carboxylic acids is 1. The molecule has 112 valence electrons. The van der Waals surface area contributed by atoms with Crippen LogP contribution in [0.4, 0.5) is 0 Å². The number of nitrogens with one attached hydrogen (secondary N) is 1. The molecule has 0 fully saturated rings. The van der Waals surface area contributed by atoms with Crippen molar-refractivity contribution >= 4 is 16.9 Å². The zero-order valence-corrected chi connectivity index (χ0v) is 12.8. The van der Waals surface area contributed by atoms with Gasteiger partial charge in [0, 0.05) is 42.8 Å². The minimum Gasteiger partial charge on any atom is -0.348 e. The van der Waals surface area contributed by atoms with Gasteiger partial charge in [0.2, 0.25) is 0 Å². The normalized spacial score (nSPS) is 10.9. The summed E-state index contributed by atoms with van der Waals surface area (Å²) in [5.41, 5.74) is 5.11. The third-order valence-electron chi connectivity index (χ3n) is 3.82. The first-order valence-corrected chi connectivity index (χ1v) is 7.04. The van der Waals surface area contributed by atoms with Crippen molar-refractivity contribution in [3.63, 3.8) is 0 Å². The van der Waals surface area contributed by atoms with Gasteiger partial charge in [-0.05, 0) is 32.0 Å². The molecule has 3 rings (SSSR count). The van der Waals surface area contributed by atoms with Gasteiger partial charge in [0.15, 0.2) is 0 Å². The molecule has 0 saturated carbocycles. The number of carbonyl (C=O) groups is 1. The Morgan fingerprint density at radius 2 is 1.91 bits per heavy atom. The van der Waals surface area contributed by atoms with Crippen molar-refractivity contribution in [1.29, 1.82) is 0 Å².